The predicted octanol–water partition coefficient (Wildman–Crippen LogP) is 2.20. The van der Waals surface area contributed by atoms with Crippen LogP contribution in [0.15, 0.2) is 54.7 Å². The summed E-state index contributed by atoms with van der Waals surface area (Å²) >= 11 is 0. The average molecular weight is 334 g/mol. The third-order valence-electron chi connectivity index (χ3n) is 4.20. The number of hydrogen-bond acceptors (Lipinski definition) is 3. The molecule has 0 aliphatic carbocycles. The summed E-state index contributed by atoms with van der Waals surface area (Å²) in [4.78, 5) is 3.27. The second kappa shape index (κ2) is 8.50. The molecule has 0 spiro atoms. The van der Waals surface area contributed by atoms with Crippen LogP contribution in [0.4, 0.5) is 0 Å². The zero-order valence-electron chi connectivity index (χ0n) is 14.0. The standard InChI is InChI=1S/C21H22N2O2/c24-10-4-7-16-5-3-6-17(11-16)13-22-19(15-25)12-18-14-23-21-9-2-1-8-20(18)21/h1-3,5-6,8-9,11,14,19,22-25H,10,12-13,15H2/t19-/m1/s1. The lowest BCUT2D eigenvalue weighted by molar-refractivity contribution is 0.241. The number of hydrogen-bond donors (Lipinski definition) is 4. The Labute approximate surface area is 147 Å². The van der Waals surface area contributed by atoms with Gasteiger partial charge in [-0.3, -0.25) is 0 Å². The number of aromatic nitrogens is 1. The van der Waals surface area contributed by atoms with Gasteiger partial charge in [-0.1, -0.05) is 42.2 Å². The molecule has 0 amide bonds. The normalized spacial score (nSPS) is 11.9. The lowest BCUT2D eigenvalue weighted by atomic mass is 10.0. The van der Waals surface area contributed by atoms with Crippen molar-refractivity contribution in [3.05, 3.63) is 71.4 Å². The van der Waals surface area contributed by atoms with Gasteiger partial charge in [0.05, 0.1) is 6.61 Å². The lowest BCUT2D eigenvalue weighted by Crippen LogP contribution is -2.34. The number of aliphatic hydroxyl groups is 2. The van der Waals surface area contributed by atoms with E-state index in [2.05, 4.69) is 34.3 Å². The van der Waals surface area contributed by atoms with E-state index in [1.807, 2.05) is 42.6 Å². The number of para-hydroxylation sites is 1. The molecule has 0 aliphatic rings. The summed E-state index contributed by atoms with van der Waals surface area (Å²) in [6, 6.07) is 16.1. The SMILES string of the molecule is OCC#Cc1cccc(CN[C@@H](CO)Cc2c[nH]c3ccccc23)c1. The van der Waals surface area contributed by atoms with E-state index in [1.54, 1.807) is 0 Å². The molecule has 4 heteroatoms. The van der Waals surface area contributed by atoms with Gasteiger partial charge >= 0.3 is 0 Å². The van der Waals surface area contributed by atoms with E-state index >= 15 is 0 Å². The smallest absolute Gasteiger partial charge is 0.104 e. The topological polar surface area (TPSA) is 68.3 Å². The van der Waals surface area contributed by atoms with Crippen molar-refractivity contribution >= 4 is 10.9 Å². The summed E-state index contributed by atoms with van der Waals surface area (Å²) in [5, 5.41) is 23.1. The van der Waals surface area contributed by atoms with Crippen LogP contribution in [0.3, 0.4) is 0 Å². The van der Waals surface area contributed by atoms with Crippen molar-refractivity contribution < 1.29 is 10.2 Å². The Morgan fingerprint density at radius 2 is 1.96 bits per heavy atom. The molecule has 1 heterocycles. The van der Waals surface area contributed by atoms with E-state index in [-0.39, 0.29) is 19.3 Å². The molecule has 128 valence electrons. The highest BCUT2D eigenvalue weighted by atomic mass is 16.3. The first-order chi connectivity index (χ1) is 12.3. The fourth-order valence-electron chi connectivity index (χ4n) is 2.93. The molecule has 0 unspecified atom stereocenters. The van der Waals surface area contributed by atoms with Gasteiger partial charge in [0.25, 0.3) is 0 Å². The number of fused-ring (bicyclic) bond motifs is 1. The van der Waals surface area contributed by atoms with Crippen molar-refractivity contribution in [2.24, 2.45) is 0 Å². The van der Waals surface area contributed by atoms with E-state index in [9.17, 15) is 5.11 Å². The number of H-pyrrole nitrogens is 1. The fourth-order valence-corrected chi connectivity index (χ4v) is 2.93. The highest BCUT2D eigenvalue weighted by Gasteiger charge is 2.11. The van der Waals surface area contributed by atoms with Crippen LogP contribution < -0.4 is 5.32 Å². The summed E-state index contributed by atoms with van der Waals surface area (Å²) in [7, 11) is 0. The molecular formula is C21H22N2O2. The Morgan fingerprint density at radius 3 is 2.80 bits per heavy atom. The number of benzene rings is 2. The van der Waals surface area contributed by atoms with Gasteiger partial charge in [0.1, 0.15) is 6.61 Å². The maximum atomic E-state index is 9.72. The number of aromatic amines is 1. The molecule has 3 rings (SSSR count). The largest absolute Gasteiger partial charge is 0.395 e. The highest BCUT2D eigenvalue weighted by molar-refractivity contribution is 5.83. The van der Waals surface area contributed by atoms with Gasteiger partial charge in [-0.15, -0.1) is 0 Å². The van der Waals surface area contributed by atoms with Gasteiger partial charge in [0.2, 0.25) is 0 Å². The summed E-state index contributed by atoms with van der Waals surface area (Å²) in [6.45, 7) is 0.589. The molecule has 0 saturated carbocycles. The third-order valence-corrected chi connectivity index (χ3v) is 4.20. The molecule has 3 aromatic rings. The van der Waals surface area contributed by atoms with Crippen molar-refractivity contribution in [2.75, 3.05) is 13.2 Å². The minimum absolute atomic E-state index is 0.0219. The molecule has 0 bridgehead atoms. The third kappa shape index (κ3) is 4.49. The van der Waals surface area contributed by atoms with Gasteiger partial charge < -0.3 is 20.5 Å². The Hall–Kier alpha value is -2.58. The van der Waals surface area contributed by atoms with Crippen LogP contribution in [0.25, 0.3) is 10.9 Å². The van der Waals surface area contributed by atoms with E-state index < -0.39 is 0 Å². The van der Waals surface area contributed by atoms with Gasteiger partial charge in [0.15, 0.2) is 0 Å². The molecule has 0 aliphatic heterocycles. The molecule has 0 saturated heterocycles. The summed E-state index contributed by atoms with van der Waals surface area (Å²) in [5.74, 6) is 5.57. The summed E-state index contributed by atoms with van der Waals surface area (Å²) in [5.41, 5.74) is 4.29. The first-order valence-corrected chi connectivity index (χ1v) is 8.38. The first-order valence-electron chi connectivity index (χ1n) is 8.38. The molecule has 0 radical (unpaired) electrons. The molecule has 25 heavy (non-hydrogen) atoms. The van der Waals surface area contributed by atoms with E-state index in [4.69, 9.17) is 5.11 Å². The van der Waals surface area contributed by atoms with Crippen molar-refractivity contribution in [1.29, 1.82) is 0 Å². The van der Waals surface area contributed by atoms with Crippen LogP contribution in [0.5, 0.6) is 0 Å². The number of nitrogens with one attached hydrogen (secondary N) is 2. The first kappa shape index (κ1) is 17.2. The number of rotatable bonds is 6. The quantitative estimate of drug-likeness (QED) is 0.523. The Morgan fingerprint density at radius 1 is 1.08 bits per heavy atom. The zero-order valence-corrected chi connectivity index (χ0v) is 14.0. The Kier molecular flexibility index (Phi) is 5.86. The average Bonchev–Trinajstić information content (AvgIpc) is 3.06. The van der Waals surface area contributed by atoms with E-state index in [0.29, 0.717) is 6.54 Å². The Bertz CT molecular complexity index is 889. The fraction of sp³-hybridized carbons (Fsp3) is 0.238. The second-order valence-corrected chi connectivity index (χ2v) is 5.98. The second-order valence-electron chi connectivity index (χ2n) is 5.98. The van der Waals surface area contributed by atoms with Crippen molar-refractivity contribution in [1.82, 2.24) is 10.3 Å². The molecule has 1 aromatic heterocycles. The van der Waals surface area contributed by atoms with Crippen LogP contribution >= 0.6 is 0 Å². The predicted molar refractivity (Wildman–Crippen MR) is 100 cm³/mol. The van der Waals surface area contributed by atoms with Crippen LogP contribution in [-0.2, 0) is 13.0 Å². The van der Waals surface area contributed by atoms with Crippen LogP contribution in [0.1, 0.15) is 16.7 Å². The summed E-state index contributed by atoms with van der Waals surface area (Å²) in [6.07, 6.45) is 2.77. The van der Waals surface area contributed by atoms with E-state index in [0.717, 1.165) is 23.1 Å². The van der Waals surface area contributed by atoms with Gasteiger partial charge in [-0.05, 0) is 35.7 Å². The maximum absolute atomic E-state index is 9.72. The summed E-state index contributed by atoms with van der Waals surface area (Å²) < 4.78 is 0. The van der Waals surface area contributed by atoms with Crippen molar-refractivity contribution in [3.63, 3.8) is 0 Å². The molecule has 4 N–H and O–H groups in total. The van der Waals surface area contributed by atoms with Gasteiger partial charge in [0, 0.05) is 35.2 Å². The molecule has 2 aromatic carbocycles. The van der Waals surface area contributed by atoms with Crippen molar-refractivity contribution in [3.8, 4) is 11.8 Å². The van der Waals surface area contributed by atoms with Crippen LogP contribution in [-0.4, -0.2) is 34.5 Å². The molecular weight excluding hydrogens is 312 g/mol. The maximum Gasteiger partial charge on any atom is 0.104 e. The minimum Gasteiger partial charge on any atom is -0.395 e. The van der Waals surface area contributed by atoms with Crippen LogP contribution in [0, 0.1) is 11.8 Å². The van der Waals surface area contributed by atoms with Gasteiger partial charge in [-0.2, -0.15) is 0 Å². The highest BCUT2D eigenvalue weighted by Crippen LogP contribution is 2.19. The monoisotopic (exact) mass is 334 g/mol. The van der Waals surface area contributed by atoms with Crippen LogP contribution in [0.2, 0.25) is 0 Å². The Balaban J connectivity index is 1.65. The minimum atomic E-state index is -0.139. The molecule has 1 atom stereocenters. The lowest BCUT2D eigenvalue weighted by Gasteiger charge is -2.16. The van der Waals surface area contributed by atoms with Gasteiger partial charge in [-0.25, -0.2) is 0 Å². The molecule has 4 nitrogen and oxygen atoms in total. The number of aliphatic hydroxyl groups excluding tert-OH is 2. The molecule has 0 fully saturated rings. The zero-order chi connectivity index (χ0) is 17.5. The van der Waals surface area contributed by atoms with Crippen molar-refractivity contribution in [2.45, 2.75) is 19.0 Å². The van der Waals surface area contributed by atoms with E-state index in [1.165, 1.54) is 10.9 Å².